The largest absolute Gasteiger partial charge is 0.467 e. The lowest BCUT2D eigenvalue weighted by Crippen LogP contribution is -2.08. The van der Waals surface area contributed by atoms with Crippen LogP contribution >= 0.6 is 22.9 Å². The van der Waals surface area contributed by atoms with Crippen LogP contribution in [0, 0.1) is 0 Å². The van der Waals surface area contributed by atoms with Crippen molar-refractivity contribution in [2.75, 3.05) is 12.4 Å². The minimum atomic E-state index is 0.137. The fraction of sp³-hybridized carbons (Fsp3) is 0.273. The van der Waals surface area contributed by atoms with Crippen LogP contribution in [0.2, 0.25) is 5.02 Å². The molecule has 1 N–H and O–H groups in total. The second-order valence-electron chi connectivity index (χ2n) is 3.48. The Labute approximate surface area is 109 Å². The zero-order valence-corrected chi connectivity index (χ0v) is 11.0. The molecule has 17 heavy (non-hydrogen) atoms. The van der Waals surface area contributed by atoms with Crippen LogP contribution < -0.4 is 10.1 Å². The van der Waals surface area contributed by atoms with E-state index in [-0.39, 0.29) is 6.04 Å². The first-order chi connectivity index (χ1) is 8.20. The number of aromatic nitrogens is 2. The molecule has 1 unspecified atom stereocenters. The fourth-order valence-corrected chi connectivity index (χ4v) is 2.26. The third-order valence-corrected chi connectivity index (χ3v) is 3.28. The van der Waals surface area contributed by atoms with Gasteiger partial charge in [0.15, 0.2) is 5.82 Å². The molecule has 0 aliphatic heterocycles. The first-order valence-electron chi connectivity index (χ1n) is 5.06. The predicted molar refractivity (Wildman–Crippen MR) is 70.0 cm³/mol. The highest BCUT2D eigenvalue weighted by Crippen LogP contribution is 2.25. The molecule has 1 atom stereocenters. The summed E-state index contributed by atoms with van der Waals surface area (Å²) in [7, 11) is 1.52. The molecule has 0 saturated heterocycles. The Kier molecular flexibility index (Phi) is 3.81. The Hall–Kier alpha value is -1.33. The van der Waals surface area contributed by atoms with E-state index < -0.39 is 0 Å². The van der Waals surface area contributed by atoms with E-state index in [1.165, 1.54) is 18.9 Å². The molecule has 0 saturated carbocycles. The molecule has 4 nitrogen and oxygen atoms in total. The molecule has 0 spiro atoms. The lowest BCUT2D eigenvalue weighted by molar-refractivity contribution is 0.380. The van der Waals surface area contributed by atoms with Gasteiger partial charge in [0.2, 0.25) is 0 Å². The Balaban J connectivity index is 2.18. The maximum Gasteiger partial charge on any atom is 0.318 e. The molecule has 0 fully saturated rings. The average molecular weight is 270 g/mol. The van der Waals surface area contributed by atoms with Gasteiger partial charge >= 0.3 is 6.01 Å². The number of nitrogens with one attached hydrogen (secondary N) is 1. The molecule has 0 aliphatic rings. The molecular weight excluding hydrogens is 258 g/mol. The van der Waals surface area contributed by atoms with Crippen molar-refractivity contribution in [3.8, 4) is 6.01 Å². The van der Waals surface area contributed by atoms with Gasteiger partial charge in [-0.15, -0.1) is 0 Å². The molecule has 0 radical (unpaired) electrons. The monoisotopic (exact) mass is 269 g/mol. The molecule has 0 bridgehead atoms. The van der Waals surface area contributed by atoms with Crippen molar-refractivity contribution in [1.29, 1.82) is 0 Å². The highest BCUT2D eigenvalue weighted by Gasteiger charge is 2.10. The number of hydrogen-bond acceptors (Lipinski definition) is 5. The molecule has 2 aromatic heterocycles. The second-order valence-corrected chi connectivity index (χ2v) is 4.66. The van der Waals surface area contributed by atoms with Gasteiger partial charge in [0, 0.05) is 0 Å². The summed E-state index contributed by atoms with van der Waals surface area (Å²) in [6, 6.07) is 2.50. The number of halogens is 1. The minimum absolute atomic E-state index is 0.137. The van der Waals surface area contributed by atoms with Crippen LogP contribution in [0.3, 0.4) is 0 Å². The van der Waals surface area contributed by atoms with Crippen LogP contribution in [-0.4, -0.2) is 17.1 Å². The molecule has 6 heteroatoms. The van der Waals surface area contributed by atoms with Gasteiger partial charge in [-0.2, -0.15) is 16.3 Å². The summed E-state index contributed by atoms with van der Waals surface area (Å²) >= 11 is 7.68. The molecule has 2 aromatic rings. The highest BCUT2D eigenvalue weighted by molar-refractivity contribution is 7.07. The number of nitrogens with zero attached hydrogens (tertiary/aromatic N) is 2. The van der Waals surface area contributed by atoms with E-state index in [1.54, 1.807) is 11.3 Å². The third kappa shape index (κ3) is 2.87. The summed E-state index contributed by atoms with van der Waals surface area (Å²) in [4.78, 5) is 8.09. The van der Waals surface area contributed by atoms with E-state index in [4.69, 9.17) is 16.3 Å². The van der Waals surface area contributed by atoms with E-state index in [0.29, 0.717) is 16.9 Å². The lowest BCUT2D eigenvalue weighted by atomic mass is 10.2. The number of rotatable bonds is 4. The van der Waals surface area contributed by atoms with Crippen LogP contribution in [-0.2, 0) is 0 Å². The van der Waals surface area contributed by atoms with Crippen LogP contribution in [0.4, 0.5) is 5.82 Å². The number of methoxy groups -OCH3 is 1. The standard InChI is InChI=1S/C11H12ClN3OS/c1-7(8-3-4-17-6-8)14-10-9(12)5-13-11(15-10)16-2/h3-7H,1-2H3,(H,13,14,15). The first kappa shape index (κ1) is 12.1. The van der Waals surface area contributed by atoms with Gasteiger partial charge in [-0.3, -0.25) is 0 Å². The smallest absolute Gasteiger partial charge is 0.318 e. The first-order valence-corrected chi connectivity index (χ1v) is 6.38. The normalized spacial score (nSPS) is 12.2. The third-order valence-electron chi connectivity index (χ3n) is 2.30. The van der Waals surface area contributed by atoms with Crippen molar-refractivity contribution in [2.45, 2.75) is 13.0 Å². The van der Waals surface area contributed by atoms with Crippen molar-refractivity contribution in [1.82, 2.24) is 9.97 Å². The minimum Gasteiger partial charge on any atom is -0.467 e. The summed E-state index contributed by atoms with van der Waals surface area (Å²) < 4.78 is 4.96. The maximum atomic E-state index is 6.02. The molecule has 0 amide bonds. The topological polar surface area (TPSA) is 47.0 Å². The van der Waals surface area contributed by atoms with E-state index in [9.17, 15) is 0 Å². The Morgan fingerprint density at radius 1 is 1.53 bits per heavy atom. The fourth-order valence-electron chi connectivity index (χ4n) is 1.36. The zero-order valence-electron chi connectivity index (χ0n) is 9.48. The maximum absolute atomic E-state index is 6.02. The quantitative estimate of drug-likeness (QED) is 0.924. The van der Waals surface area contributed by atoms with Crippen LogP contribution in [0.25, 0.3) is 0 Å². The van der Waals surface area contributed by atoms with Gasteiger partial charge in [0.1, 0.15) is 5.02 Å². The lowest BCUT2D eigenvalue weighted by Gasteiger charge is -2.14. The molecule has 0 aliphatic carbocycles. The van der Waals surface area contributed by atoms with Gasteiger partial charge in [0.25, 0.3) is 0 Å². The van der Waals surface area contributed by atoms with Gasteiger partial charge in [-0.1, -0.05) is 11.6 Å². The molecular formula is C11H12ClN3OS. The van der Waals surface area contributed by atoms with Crippen molar-refractivity contribution in [3.05, 3.63) is 33.6 Å². The van der Waals surface area contributed by atoms with E-state index in [2.05, 4.69) is 26.7 Å². The summed E-state index contributed by atoms with van der Waals surface area (Å²) in [6.45, 7) is 2.05. The molecule has 2 heterocycles. The zero-order chi connectivity index (χ0) is 12.3. The van der Waals surface area contributed by atoms with Crippen LogP contribution in [0.1, 0.15) is 18.5 Å². The second kappa shape index (κ2) is 5.33. The Morgan fingerprint density at radius 2 is 2.35 bits per heavy atom. The Morgan fingerprint density at radius 3 is 3.00 bits per heavy atom. The average Bonchev–Trinajstić information content (AvgIpc) is 2.85. The summed E-state index contributed by atoms with van der Waals surface area (Å²) in [5, 5.41) is 7.84. The van der Waals surface area contributed by atoms with E-state index >= 15 is 0 Å². The van der Waals surface area contributed by atoms with Gasteiger partial charge in [-0.05, 0) is 29.3 Å². The Bertz CT molecular complexity index is 489. The van der Waals surface area contributed by atoms with Gasteiger partial charge in [-0.25, -0.2) is 4.98 Å². The number of anilines is 1. The van der Waals surface area contributed by atoms with Crippen molar-refractivity contribution < 1.29 is 4.74 Å². The summed E-state index contributed by atoms with van der Waals surface area (Å²) in [5.41, 5.74) is 1.20. The molecule has 2 rings (SSSR count). The highest BCUT2D eigenvalue weighted by atomic mass is 35.5. The summed E-state index contributed by atoms with van der Waals surface area (Å²) in [6.07, 6.45) is 1.52. The van der Waals surface area contributed by atoms with Crippen LogP contribution in [0.5, 0.6) is 6.01 Å². The van der Waals surface area contributed by atoms with Gasteiger partial charge in [0.05, 0.1) is 19.3 Å². The molecule has 90 valence electrons. The van der Waals surface area contributed by atoms with E-state index in [1.807, 2.05) is 12.3 Å². The molecule has 0 aromatic carbocycles. The van der Waals surface area contributed by atoms with E-state index in [0.717, 1.165) is 0 Å². The number of ether oxygens (including phenoxy) is 1. The number of hydrogen-bond donors (Lipinski definition) is 1. The SMILES string of the molecule is COc1ncc(Cl)c(NC(C)c2ccsc2)n1. The predicted octanol–water partition coefficient (Wildman–Crippen LogP) is 3.37. The van der Waals surface area contributed by atoms with Crippen molar-refractivity contribution >= 4 is 28.8 Å². The van der Waals surface area contributed by atoms with Crippen LogP contribution in [0.15, 0.2) is 23.0 Å². The van der Waals surface area contributed by atoms with Crippen molar-refractivity contribution in [3.63, 3.8) is 0 Å². The van der Waals surface area contributed by atoms with Crippen molar-refractivity contribution in [2.24, 2.45) is 0 Å². The van der Waals surface area contributed by atoms with Gasteiger partial charge < -0.3 is 10.1 Å². The summed E-state index contributed by atoms with van der Waals surface area (Å²) in [5.74, 6) is 0.581. The number of thiophene rings is 1.